The van der Waals surface area contributed by atoms with Crippen LogP contribution in [0.3, 0.4) is 0 Å². The first kappa shape index (κ1) is 33.9. The highest BCUT2D eigenvalue weighted by molar-refractivity contribution is 9.10. The molecule has 230 valence electrons. The van der Waals surface area contributed by atoms with Crippen LogP contribution in [0.25, 0.3) is 22.6 Å². The number of carbonyl (C=O) groups is 3. The molecule has 0 radical (unpaired) electrons. The summed E-state index contributed by atoms with van der Waals surface area (Å²) in [6.07, 6.45) is 2.17. The van der Waals surface area contributed by atoms with Crippen LogP contribution in [0, 0.1) is 22.7 Å². The molecule has 0 saturated heterocycles. The van der Waals surface area contributed by atoms with Crippen molar-refractivity contribution >= 4 is 56.5 Å². The molecule has 3 rings (SSSR count). The van der Waals surface area contributed by atoms with Crippen LogP contribution in [0.2, 0.25) is 0 Å². The van der Waals surface area contributed by atoms with E-state index in [4.69, 9.17) is 14.2 Å². The van der Waals surface area contributed by atoms with Crippen molar-refractivity contribution in [3.63, 3.8) is 0 Å². The van der Waals surface area contributed by atoms with Gasteiger partial charge in [-0.15, -0.1) is 0 Å². The second kappa shape index (κ2) is 13.8. The Bertz CT molecular complexity index is 1700. The molecule has 3 aromatic rings. The van der Waals surface area contributed by atoms with E-state index in [1.165, 1.54) is 11.7 Å². The summed E-state index contributed by atoms with van der Waals surface area (Å²) in [5.74, 6) is -0.589. The lowest BCUT2D eigenvalue weighted by Crippen LogP contribution is -2.46. The number of aromatic nitrogens is 1. The van der Waals surface area contributed by atoms with E-state index in [-0.39, 0.29) is 24.3 Å². The number of carbonyl (C=O) groups excluding carboxylic acids is 3. The SMILES string of the molecule is COc1ccc(C#N)cc1/C=C(\C#N)c1cn(C(=O)CC[C@@H](NC(=O)OC(C)(C)C)C(=O)OC(C)(C)C)c2ccc(Br)cc12. The van der Waals surface area contributed by atoms with Crippen molar-refractivity contribution in [3.05, 3.63) is 63.8 Å². The zero-order valence-corrected chi connectivity index (χ0v) is 27.4. The number of methoxy groups -OCH3 is 1. The van der Waals surface area contributed by atoms with Crippen molar-refractivity contribution in [2.45, 2.75) is 71.6 Å². The molecular formula is C33H35BrN4O6. The predicted molar refractivity (Wildman–Crippen MR) is 170 cm³/mol. The number of hydrogen-bond donors (Lipinski definition) is 1. The molecule has 0 bridgehead atoms. The number of nitriles is 2. The van der Waals surface area contributed by atoms with Gasteiger partial charge >= 0.3 is 12.1 Å². The van der Waals surface area contributed by atoms with E-state index in [1.54, 1.807) is 90.2 Å². The second-order valence-corrected chi connectivity index (χ2v) is 12.9. The van der Waals surface area contributed by atoms with Crippen LogP contribution in [-0.4, -0.2) is 46.9 Å². The number of allylic oxidation sites excluding steroid dienone is 1. The van der Waals surface area contributed by atoms with Gasteiger partial charge in [-0.25, -0.2) is 9.59 Å². The maximum Gasteiger partial charge on any atom is 0.408 e. The van der Waals surface area contributed by atoms with E-state index in [1.807, 2.05) is 0 Å². The first-order chi connectivity index (χ1) is 20.5. The van der Waals surface area contributed by atoms with E-state index in [9.17, 15) is 24.9 Å². The summed E-state index contributed by atoms with van der Waals surface area (Å²) in [6, 6.07) is 13.4. The molecule has 2 aromatic carbocycles. The maximum atomic E-state index is 13.6. The minimum absolute atomic E-state index is 0.0579. The summed E-state index contributed by atoms with van der Waals surface area (Å²) in [5, 5.41) is 22.7. The molecule has 11 heteroatoms. The summed E-state index contributed by atoms with van der Waals surface area (Å²) in [4.78, 5) is 39.1. The molecule has 1 atom stereocenters. The van der Waals surface area contributed by atoms with Gasteiger partial charge in [0.05, 0.1) is 35.9 Å². The van der Waals surface area contributed by atoms with E-state index < -0.39 is 29.3 Å². The van der Waals surface area contributed by atoms with Gasteiger partial charge in [0, 0.05) is 33.6 Å². The molecule has 0 aliphatic carbocycles. The van der Waals surface area contributed by atoms with Crippen molar-refractivity contribution in [2.75, 3.05) is 7.11 Å². The molecule has 0 saturated carbocycles. The molecule has 1 N–H and O–H groups in total. The lowest BCUT2D eigenvalue weighted by Gasteiger charge is -2.26. The van der Waals surface area contributed by atoms with Gasteiger partial charge in [-0.05, 0) is 90.4 Å². The van der Waals surface area contributed by atoms with Crippen LogP contribution in [-0.2, 0) is 14.3 Å². The van der Waals surface area contributed by atoms with Crippen molar-refractivity contribution in [1.29, 1.82) is 10.5 Å². The van der Waals surface area contributed by atoms with Crippen LogP contribution < -0.4 is 10.1 Å². The fourth-order valence-electron chi connectivity index (χ4n) is 4.33. The number of esters is 1. The van der Waals surface area contributed by atoms with Gasteiger partial charge in [0.1, 0.15) is 23.0 Å². The fourth-order valence-corrected chi connectivity index (χ4v) is 4.69. The number of amides is 1. The Morgan fingerprint density at radius 3 is 2.30 bits per heavy atom. The normalized spacial score (nSPS) is 12.5. The molecular weight excluding hydrogens is 628 g/mol. The fraction of sp³-hybridized carbons (Fsp3) is 0.364. The lowest BCUT2D eigenvalue weighted by molar-refractivity contribution is -0.157. The van der Waals surface area contributed by atoms with E-state index in [2.05, 4.69) is 33.4 Å². The number of ether oxygens (including phenoxy) is 3. The van der Waals surface area contributed by atoms with Gasteiger partial charge < -0.3 is 19.5 Å². The largest absolute Gasteiger partial charge is 0.496 e. The average Bonchev–Trinajstić information content (AvgIpc) is 3.30. The van der Waals surface area contributed by atoms with E-state index in [0.29, 0.717) is 33.3 Å². The minimum Gasteiger partial charge on any atom is -0.496 e. The number of halogens is 1. The molecule has 1 heterocycles. The highest BCUT2D eigenvalue weighted by Crippen LogP contribution is 2.33. The standard InChI is InChI=1S/C33H35BrN4O6/c1-32(2,3)43-30(40)26(37-31(41)44-33(4,5)6)10-13-29(39)38-19-25(24-16-23(34)9-11-27(24)38)22(18-36)15-21-14-20(17-35)8-12-28(21)42-7/h8-9,11-12,14-16,19,26H,10,13H2,1-7H3,(H,37,41)/b22-15+/t26-/m1/s1. The Morgan fingerprint density at radius 2 is 1.70 bits per heavy atom. The summed E-state index contributed by atoms with van der Waals surface area (Å²) in [6.45, 7) is 10.2. The average molecular weight is 664 g/mol. The topological polar surface area (TPSA) is 143 Å². The number of nitrogens with one attached hydrogen (secondary N) is 1. The van der Waals surface area contributed by atoms with E-state index in [0.717, 1.165) is 4.47 Å². The summed E-state index contributed by atoms with van der Waals surface area (Å²) in [5.41, 5.74) is 0.583. The number of benzene rings is 2. The van der Waals surface area contributed by atoms with Crippen molar-refractivity contribution in [1.82, 2.24) is 9.88 Å². The molecule has 0 aliphatic rings. The summed E-state index contributed by atoms with van der Waals surface area (Å²) < 4.78 is 18.4. The van der Waals surface area contributed by atoms with Crippen LogP contribution in [0.15, 0.2) is 47.1 Å². The van der Waals surface area contributed by atoms with Crippen molar-refractivity contribution < 1.29 is 28.6 Å². The Balaban J connectivity index is 2.00. The minimum atomic E-state index is -1.14. The van der Waals surface area contributed by atoms with Gasteiger partial charge in [-0.1, -0.05) is 15.9 Å². The quantitative estimate of drug-likeness (QED) is 0.200. The second-order valence-electron chi connectivity index (χ2n) is 12.0. The van der Waals surface area contributed by atoms with E-state index >= 15 is 0 Å². The highest BCUT2D eigenvalue weighted by atomic mass is 79.9. The van der Waals surface area contributed by atoms with Crippen LogP contribution in [0.5, 0.6) is 5.75 Å². The van der Waals surface area contributed by atoms with Gasteiger partial charge in [0.15, 0.2) is 0 Å². The third kappa shape index (κ3) is 8.95. The molecule has 0 aliphatic heterocycles. The number of rotatable bonds is 8. The number of alkyl carbamates (subject to hydrolysis) is 1. The molecule has 10 nitrogen and oxygen atoms in total. The number of fused-ring (bicyclic) bond motifs is 1. The smallest absolute Gasteiger partial charge is 0.408 e. The maximum absolute atomic E-state index is 13.6. The zero-order valence-electron chi connectivity index (χ0n) is 25.8. The first-order valence-corrected chi connectivity index (χ1v) is 14.6. The number of nitrogens with zero attached hydrogens (tertiary/aromatic N) is 3. The van der Waals surface area contributed by atoms with Crippen LogP contribution in [0.4, 0.5) is 4.79 Å². The third-order valence-corrected chi connectivity index (χ3v) is 6.63. The number of hydrogen-bond acceptors (Lipinski definition) is 8. The Kier molecular flexibility index (Phi) is 10.6. The van der Waals surface area contributed by atoms with Gasteiger partial charge in [0.2, 0.25) is 5.91 Å². The predicted octanol–water partition coefficient (Wildman–Crippen LogP) is 7.00. The Morgan fingerprint density at radius 1 is 1.02 bits per heavy atom. The van der Waals surface area contributed by atoms with Crippen molar-refractivity contribution in [3.8, 4) is 17.9 Å². The molecule has 1 amide bonds. The lowest BCUT2D eigenvalue weighted by atomic mass is 10.0. The Hall–Kier alpha value is -4.61. The summed E-state index contributed by atoms with van der Waals surface area (Å²) >= 11 is 3.47. The molecule has 1 aromatic heterocycles. The van der Waals surface area contributed by atoms with Gasteiger partial charge in [0.25, 0.3) is 0 Å². The van der Waals surface area contributed by atoms with Crippen molar-refractivity contribution in [2.24, 2.45) is 0 Å². The first-order valence-electron chi connectivity index (χ1n) is 13.8. The highest BCUT2D eigenvalue weighted by Gasteiger charge is 2.30. The van der Waals surface area contributed by atoms with Gasteiger partial charge in [-0.3, -0.25) is 9.36 Å². The Labute approximate surface area is 265 Å². The molecule has 0 spiro atoms. The zero-order chi connectivity index (χ0) is 32.8. The third-order valence-electron chi connectivity index (χ3n) is 6.13. The van der Waals surface area contributed by atoms with Crippen LogP contribution >= 0.6 is 15.9 Å². The molecule has 44 heavy (non-hydrogen) atoms. The molecule has 0 unspecified atom stereocenters. The molecule has 0 fully saturated rings. The van der Waals surface area contributed by atoms with Gasteiger partial charge in [-0.2, -0.15) is 10.5 Å². The monoisotopic (exact) mass is 662 g/mol. The van der Waals surface area contributed by atoms with Crippen LogP contribution in [0.1, 0.15) is 75.9 Å². The summed E-state index contributed by atoms with van der Waals surface area (Å²) in [7, 11) is 1.49.